The second-order valence-corrected chi connectivity index (χ2v) is 4.99. The molecule has 2 saturated heterocycles. The van der Waals surface area contributed by atoms with E-state index in [1.807, 2.05) is 0 Å². The van der Waals surface area contributed by atoms with Crippen LogP contribution in [0.1, 0.15) is 39.0 Å². The van der Waals surface area contributed by atoms with Crippen molar-refractivity contribution in [2.24, 2.45) is 5.92 Å². The molecule has 1 unspecified atom stereocenters. The quantitative estimate of drug-likeness (QED) is 0.763. The minimum absolute atomic E-state index is 0.383. The normalized spacial score (nSPS) is 27.5. The highest BCUT2D eigenvalue weighted by Gasteiger charge is 2.24. The predicted molar refractivity (Wildman–Crippen MR) is 60.6 cm³/mol. The molecule has 2 aliphatic rings. The molecule has 0 aromatic rings. The van der Waals surface area contributed by atoms with Crippen LogP contribution in [0.2, 0.25) is 0 Å². The van der Waals surface area contributed by atoms with Gasteiger partial charge in [0.2, 0.25) is 5.91 Å². The fraction of sp³-hybridized carbons (Fsp3) is 0.917. The van der Waals surface area contributed by atoms with Crippen molar-refractivity contribution < 1.29 is 4.79 Å². The van der Waals surface area contributed by atoms with Gasteiger partial charge >= 0.3 is 0 Å². The molecule has 0 spiro atoms. The third-order valence-electron chi connectivity index (χ3n) is 3.76. The number of piperidine rings is 1. The fourth-order valence-electron chi connectivity index (χ4n) is 2.49. The SMILES string of the molecule is CC1CCCCN1C(=O)CCC1CNC1. The van der Waals surface area contributed by atoms with Gasteiger partial charge in [0.25, 0.3) is 0 Å². The largest absolute Gasteiger partial charge is 0.340 e. The highest BCUT2D eigenvalue weighted by Crippen LogP contribution is 2.19. The summed E-state index contributed by atoms with van der Waals surface area (Å²) >= 11 is 0. The Kier molecular flexibility index (Phi) is 3.62. The Hall–Kier alpha value is -0.570. The lowest BCUT2D eigenvalue weighted by Crippen LogP contribution is -2.44. The van der Waals surface area contributed by atoms with E-state index in [1.165, 1.54) is 19.3 Å². The van der Waals surface area contributed by atoms with Crippen molar-refractivity contribution in [2.75, 3.05) is 19.6 Å². The first kappa shape index (κ1) is 10.9. The van der Waals surface area contributed by atoms with Gasteiger partial charge in [-0.25, -0.2) is 0 Å². The summed E-state index contributed by atoms with van der Waals surface area (Å²) in [6.07, 6.45) is 5.51. The average molecular weight is 210 g/mol. The number of rotatable bonds is 3. The number of carbonyl (C=O) groups is 1. The Morgan fingerprint density at radius 2 is 2.20 bits per heavy atom. The lowest BCUT2D eigenvalue weighted by atomic mass is 9.96. The Labute approximate surface area is 92.2 Å². The van der Waals surface area contributed by atoms with Gasteiger partial charge in [-0.2, -0.15) is 0 Å². The molecule has 0 aliphatic carbocycles. The van der Waals surface area contributed by atoms with Gasteiger partial charge in [0.05, 0.1) is 0 Å². The summed E-state index contributed by atoms with van der Waals surface area (Å²) in [7, 11) is 0. The topological polar surface area (TPSA) is 32.3 Å². The summed E-state index contributed by atoms with van der Waals surface area (Å²) in [5.41, 5.74) is 0. The van der Waals surface area contributed by atoms with Gasteiger partial charge in [-0.05, 0) is 51.6 Å². The number of hydrogen-bond donors (Lipinski definition) is 1. The fourth-order valence-corrected chi connectivity index (χ4v) is 2.49. The van der Waals surface area contributed by atoms with Crippen LogP contribution in [0.25, 0.3) is 0 Å². The Morgan fingerprint density at radius 1 is 1.40 bits per heavy atom. The number of hydrogen-bond acceptors (Lipinski definition) is 2. The number of amides is 1. The van der Waals surface area contributed by atoms with Gasteiger partial charge < -0.3 is 10.2 Å². The van der Waals surface area contributed by atoms with Crippen LogP contribution in [0.5, 0.6) is 0 Å². The van der Waals surface area contributed by atoms with Gasteiger partial charge in [0.15, 0.2) is 0 Å². The minimum Gasteiger partial charge on any atom is -0.340 e. The first-order valence-electron chi connectivity index (χ1n) is 6.27. The third kappa shape index (κ3) is 2.71. The smallest absolute Gasteiger partial charge is 0.222 e. The molecule has 0 aromatic heterocycles. The third-order valence-corrected chi connectivity index (χ3v) is 3.76. The van der Waals surface area contributed by atoms with E-state index in [0.717, 1.165) is 38.4 Å². The van der Waals surface area contributed by atoms with Gasteiger partial charge in [-0.3, -0.25) is 4.79 Å². The summed E-state index contributed by atoms with van der Waals surface area (Å²) < 4.78 is 0. The molecule has 3 nitrogen and oxygen atoms in total. The predicted octanol–water partition coefficient (Wildman–Crippen LogP) is 1.39. The molecule has 86 valence electrons. The van der Waals surface area contributed by atoms with E-state index in [4.69, 9.17) is 0 Å². The second kappa shape index (κ2) is 4.97. The van der Waals surface area contributed by atoms with Crippen LogP contribution in [0.4, 0.5) is 0 Å². The first-order valence-corrected chi connectivity index (χ1v) is 6.27. The number of nitrogens with zero attached hydrogens (tertiary/aromatic N) is 1. The molecular formula is C12H22N2O. The Bertz CT molecular complexity index is 226. The Morgan fingerprint density at radius 3 is 2.80 bits per heavy atom. The molecule has 0 radical (unpaired) electrons. The maximum absolute atomic E-state index is 12.0. The molecule has 2 heterocycles. The van der Waals surface area contributed by atoms with E-state index in [2.05, 4.69) is 17.1 Å². The van der Waals surface area contributed by atoms with Gasteiger partial charge in [-0.1, -0.05) is 0 Å². The second-order valence-electron chi connectivity index (χ2n) is 4.99. The molecule has 2 fully saturated rings. The zero-order valence-corrected chi connectivity index (χ0v) is 9.67. The van der Waals surface area contributed by atoms with Crippen molar-refractivity contribution >= 4 is 5.91 Å². The van der Waals surface area contributed by atoms with Crippen LogP contribution in [0, 0.1) is 5.92 Å². The van der Waals surface area contributed by atoms with Crippen LogP contribution in [0.3, 0.4) is 0 Å². The number of carbonyl (C=O) groups excluding carboxylic acids is 1. The van der Waals surface area contributed by atoms with E-state index in [1.54, 1.807) is 0 Å². The van der Waals surface area contributed by atoms with E-state index in [0.29, 0.717) is 11.9 Å². The van der Waals surface area contributed by atoms with Crippen molar-refractivity contribution in [3.05, 3.63) is 0 Å². The summed E-state index contributed by atoms with van der Waals surface area (Å²) in [6, 6.07) is 0.478. The summed E-state index contributed by atoms with van der Waals surface area (Å²) in [5, 5.41) is 3.25. The molecule has 1 amide bonds. The minimum atomic E-state index is 0.383. The molecular weight excluding hydrogens is 188 g/mol. The highest BCUT2D eigenvalue weighted by molar-refractivity contribution is 5.76. The van der Waals surface area contributed by atoms with Crippen LogP contribution in [-0.2, 0) is 4.79 Å². The van der Waals surface area contributed by atoms with Crippen LogP contribution in [0.15, 0.2) is 0 Å². The number of nitrogens with one attached hydrogen (secondary N) is 1. The molecule has 0 saturated carbocycles. The van der Waals surface area contributed by atoms with Gasteiger partial charge in [-0.15, -0.1) is 0 Å². The van der Waals surface area contributed by atoms with E-state index >= 15 is 0 Å². The van der Waals surface area contributed by atoms with Crippen LogP contribution in [-0.4, -0.2) is 36.5 Å². The summed E-state index contributed by atoms with van der Waals surface area (Å²) in [5.74, 6) is 1.14. The van der Waals surface area contributed by atoms with Crippen molar-refractivity contribution in [3.8, 4) is 0 Å². The average Bonchev–Trinajstić information content (AvgIpc) is 2.16. The van der Waals surface area contributed by atoms with Crippen LogP contribution >= 0.6 is 0 Å². The lowest BCUT2D eigenvalue weighted by Gasteiger charge is -2.34. The molecule has 0 aromatic carbocycles. The molecule has 1 atom stereocenters. The summed E-state index contributed by atoms with van der Waals surface area (Å²) in [4.78, 5) is 14.1. The van der Waals surface area contributed by atoms with Crippen LogP contribution < -0.4 is 5.32 Å². The first-order chi connectivity index (χ1) is 7.27. The standard InChI is InChI=1S/C12H22N2O/c1-10-4-2-3-7-14(10)12(15)6-5-11-8-13-9-11/h10-11,13H,2-9H2,1H3. The van der Waals surface area contributed by atoms with Crippen molar-refractivity contribution in [3.63, 3.8) is 0 Å². The van der Waals surface area contributed by atoms with Crippen molar-refractivity contribution in [1.82, 2.24) is 10.2 Å². The number of likely N-dealkylation sites (tertiary alicyclic amines) is 1. The van der Waals surface area contributed by atoms with E-state index in [9.17, 15) is 4.79 Å². The zero-order chi connectivity index (χ0) is 10.7. The molecule has 0 bridgehead atoms. The van der Waals surface area contributed by atoms with E-state index < -0.39 is 0 Å². The van der Waals surface area contributed by atoms with E-state index in [-0.39, 0.29) is 0 Å². The zero-order valence-electron chi connectivity index (χ0n) is 9.67. The lowest BCUT2D eigenvalue weighted by molar-refractivity contribution is -0.134. The molecule has 1 N–H and O–H groups in total. The maximum atomic E-state index is 12.0. The summed E-state index contributed by atoms with van der Waals surface area (Å²) in [6.45, 7) is 5.40. The maximum Gasteiger partial charge on any atom is 0.222 e. The van der Waals surface area contributed by atoms with Crippen molar-refractivity contribution in [1.29, 1.82) is 0 Å². The van der Waals surface area contributed by atoms with Gasteiger partial charge in [0, 0.05) is 19.0 Å². The molecule has 2 rings (SSSR count). The monoisotopic (exact) mass is 210 g/mol. The Balaban J connectivity index is 1.73. The molecule has 15 heavy (non-hydrogen) atoms. The highest BCUT2D eigenvalue weighted by atomic mass is 16.2. The van der Waals surface area contributed by atoms with Gasteiger partial charge in [0.1, 0.15) is 0 Å². The molecule has 2 aliphatic heterocycles. The van der Waals surface area contributed by atoms with Crippen molar-refractivity contribution in [2.45, 2.75) is 45.1 Å². The molecule has 3 heteroatoms.